The average Bonchev–Trinajstić information content (AvgIpc) is 2.86. The lowest BCUT2D eigenvalue weighted by Gasteiger charge is -2.09. The molecule has 0 amide bonds. The Morgan fingerprint density at radius 3 is 2.95 bits per heavy atom. The highest BCUT2D eigenvalue weighted by Crippen LogP contribution is 2.15. The Morgan fingerprint density at radius 1 is 1.26 bits per heavy atom. The van der Waals surface area contributed by atoms with Crippen LogP contribution in [0.15, 0.2) is 40.8 Å². The zero-order valence-electron chi connectivity index (χ0n) is 10.9. The molecule has 3 nitrogen and oxygen atoms in total. The first kappa shape index (κ1) is 12.1. The Balaban J connectivity index is 2.08. The number of thiophene rings is 1. The van der Waals surface area contributed by atoms with E-state index < -0.39 is 0 Å². The largest absolute Gasteiger partial charge is 0.294 e. The summed E-state index contributed by atoms with van der Waals surface area (Å²) in [6.45, 7) is 4.70. The van der Waals surface area contributed by atoms with Crippen molar-refractivity contribution in [1.82, 2.24) is 9.55 Å². The van der Waals surface area contributed by atoms with Crippen LogP contribution < -0.4 is 5.56 Å². The van der Waals surface area contributed by atoms with E-state index in [1.807, 2.05) is 11.4 Å². The quantitative estimate of drug-likeness (QED) is 0.717. The lowest BCUT2D eigenvalue weighted by atomic mass is 10.1. The van der Waals surface area contributed by atoms with E-state index in [9.17, 15) is 4.79 Å². The van der Waals surface area contributed by atoms with Crippen LogP contribution in [0.2, 0.25) is 0 Å². The van der Waals surface area contributed by atoms with Crippen molar-refractivity contribution in [3.05, 3.63) is 63.0 Å². The SMILES string of the molecule is Cc1ccc(C)c(Cn2cnc3ccsc3c2=O)c1. The molecule has 0 aliphatic heterocycles. The molecule has 2 aromatic heterocycles. The molecule has 96 valence electrons. The molecule has 0 aliphatic carbocycles. The Morgan fingerprint density at radius 2 is 2.11 bits per heavy atom. The van der Waals surface area contributed by atoms with Gasteiger partial charge in [-0.3, -0.25) is 9.36 Å². The minimum Gasteiger partial charge on any atom is -0.294 e. The molecular formula is C15H14N2OS. The minimum atomic E-state index is 0.0425. The van der Waals surface area contributed by atoms with E-state index in [0.29, 0.717) is 6.54 Å². The van der Waals surface area contributed by atoms with Gasteiger partial charge >= 0.3 is 0 Å². The lowest BCUT2D eigenvalue weighted by Crippen LogP contribution is -2.20. The van der Waals surface area contributed by atoms with Crippen molar-refractivity contribution < 1.29 is 0 Å². The topological polar surface area (TPSA) is 34.9 Å². The second-order valence-corrected chi connectivity index (χ2v) is 5.66. The normalized spacial score (nSPS) is 11.1. The fraction of sp³-hybridized carbons (Fsp3) is 0.200. The molecule has 3 aromatic rings. The number of benzene rings is 1. The Hall–Kier alpha value is -1.94. The van der Waals surface area contributed by atoms with Gasteiger partial charge in [-0.2, -0.15) is 0 Å². The van der Waals surface area contributed by atoms with Crippen molar-refractivity contribution in [1.29, 1.82) is 0 Å². The summed E-state index contributed by atoms with van der Waals surface area (Å²) < 4.78 is 2.41. The maximum absolute atomic E-state index is 12.3. The average molecular weight is 270 g/mol. The number of aryl methyl sites for hydroxylation is 2. The zero-order chi connectivity index (χ0) is 13.4. The number of nitrogens with zero attached hydrogens (tertiary/aromatic N) is 2. The summed E-state index contributed by atoms with van der Waals surface area (Å²) in [5.74, 6) is 0. The van der Waals surface area contributed by atoms with Crippen molar-refractivity contribution in [2.24, 2.45) is 0 Å². The van der Waals surface area contributed by atoms with Crippen LogP contribution in [-0.4, -0.2) is 9.55 Å². The van der Waals surface area contributed by atoms with Crippen LogP contribution in [-0.2, 0) is 6.54 Å². The van der Waals surface area contributed by atoms with Gasteiger partial charge in [-0.1, -0.05) is 23.8 Å². The second-order valence-electron chi connectivity index (χ2n) is 4.74. The third-order valence-electron chi connectivity index (χ3n) is 3.28. The van der Waals surface area contributed by atoms with Crippen LogP contribution >= 0.6 is 11.3 Å². The minimum absolute atomic E-state index is 0.0425. The first-order chi connectivity index (χ1) is 9.15. The van der Waals surface area contributed by atoms with Crippen molar-refractivity contribution in [3.8, 4) is 0 Å². The van der Waals surface area contributed by atoms with Crippen LogP contribution in [0.1, 0.15) is 16.7 Å². The Bertz CT molecular complexity index is 801. The Labute approximate surface area is 115 Å². The second kappa shape index (κ2) is 4.63. The highest BCUT2D eigenvalue weighted by molar-refractivity contribution is 7.17. The van der Waals surface area contributed by atoms with Crippen LogP contribution in [0.25, 0.3) is 10.2 Å². The number of hydrogen-bond donors (Lipinski definition) is 0. The van der Waals surface area contributed by atoms with E-state index in [4.69, 9.17) is 0 Å². The van der Waals surface area contributed by atoms with E-state index in [-0.39, 0.29) is 5.56 Å². The highest BCUT2D eigenvalue weighted by Gasteiger charge is 2.07. The summed E-state index contributed by atoms with van der Waals surface area (Å²) in [5.41, 5.74) is 4.40. The molecule has 0 radical (unpaired) electrons. The summed E-state index contributed by atoms with van der Waals surface area (Å²) in [5, 5.41) is 1.90. The summed E-state index contributed by atoms with van der Waals surface area (Å²) in [4.78, 5) is 16.6. The summed E-state index contributed by atoms with van der Waals surface area (Å²) >= 11 is 1.45. The van der Waals surface area contributed by atoms with E-state index in [1.165, 1.54) is 28.0 Å². The molecule has 0 atom stereocenters. The van der Waals surface area contributed by atoms with Gasteiger partial charge < -0.3 is 0 Å². The molecule has 0 N–H and O–H groups in total. The molecule has 0 saturated carbocycles. The molecule has 2 heterocycles. The zero-order valence-corrected chi connectivity index (χ0v) is 11.7. The molecule has 19 heavy (non-hydrogen) atoms. The molecule has 0 aliphatic rings. The number of rotatable bonds is 2. The lowest BCUT2D eigenvalue weighted by molar-refractivity contribution is 0.745. The molecule has 1 aromatic carbocycles. The maximum atomic E-state index is 12.3. The predicted octanol–water partition coefficient (Wildman–Crippen LogP) is 3.12. The van der Waals surface area contributed by atoms with E-state index >= 15 is 0 Å². The van der Waals surface area contributed by atoms with E-state index in [0.717, 1.165) is 10.2 Å². The highest BCUT2D eigenvalue weighted by atomic mass is 32.1. The molecule has 0 fully saturated rings. The van der Waals surface area contributed by atoms with Gasteiger partial charge in [-0.25, -0.2) is 4.98 Å². The van der Waals surface area contributed by atoms with Gasteiger partial charge in [0.15, 0.2) is 0 Å². The molecule has 4 heteroatoms. The molecular weight excluding hydrogens is 256 g/mol. The third kappa shape index (κ3) is 2.19. The van der Waals surface area contributed by atoms with Crippen molar-refractivity contribution >= 4 is 21.6 Å². The summed E-state index contributed by atoms with van der Waals surface area (Å²) in [6, 6.07) is 8.18. The van der Waals surface area contributed by atoms with Gasteiger partial charge in [0.05, 0.1) is 18.4 Å². The molecule has 0 unspecified atom stereocenters. The molecule has 0 saturated heterocycles. The predicted molar refractivity (Wildman–Crippen MR) is 78.9 cm³/mol. The van der Waals surface area contributed by atoms with E-state index in [2.05, 4.69) is 37.0 Å². The standard InChI is InChI=1S/C15H14N2OS/c1-10-3-4-11(2)12(7-10)8-17-9-16-13-5-6-19-14(13)15(17)18/h3-7,9H,8H2,1-2H3. The fourth-order valence-corrected chi connectivity index (χ4v) is 2.94. The van der Waals surface area contributed by atoms with E-state index in [1.54, 1.807) is 10.9 Å². The first-order valence-electron chi connectivity index (χ1n) is 6.14. The fourth-order valence-electron chi connectivity index (χ4n) is 2.15. The van der Waals surface area contributed by atoms with Gasteiger partial charge in [-0.15, -0.1) is 11.3 Å². The van der Waals surface area contributed by atoms with Gasteiger partial charge in [-0.05, 0) is 36.4 Å². The van der Waals surface area contributed by atoms with Gasteiger partial charge in [0.25, 0.3) is 5.56 Å². The number of hydrogen-bond acceptors (Lipinski definition) is 3. The smallest absolute Gasteiger partial charge is 0.271 e. The molecule has 0 spiro atoms. The third-order valence-corrected chi connectivity index (χ3v) is 4.17. The van der Waals surface area contributed by atoms with Crippen LogP contribution in [0.5, 0.6) is 0 Å². The summed E-state index contributed by atoms with van der Waals surface area (Å²) in [6.07, 6.45) is 1.64. The summed E-state index contributed by atoms with van der Waals surface area (Å²) in [7, 11) is 0. The van der Waals surface area contributed by atoms with Crippen molar-refractivity contribution in [2.45, 2.75) is 20.4 Å². The molecule has 0 bridgehead atoms. The number of fused-ring (bicyclic) bond motifs is 1. The van der Waals surface area contributed by atoms with Crippen LogP contribution in [0, 0.1) is 13.8 Å². The first-order valence-corrected chi connectivity index (χ1v) is 7.02. The van der Waals surface area contributed by atoms with Gasteiger partial charge in [0.1, 0.15) is 4.70 Å². The van der Waals surface area contributed by atoms with Crippen molar-refractivity contribution in [3.63, 3.8) is 0 Å². The molecule has 3 rings (SSSR count). The van der Waals surface area contributed by atoms with Gasteiger partial charge in [0, 0.05) is 0 Å². The van der Waals surface area contributed by atoms with Gasteiger partial charge in [0.2, 0.25) is 0 Å². The Kier molecular flexibility index (Phi) is 2.95. The number of aromatic nitrogens is 2. The monoisotopic (exact) mass is 270 g/mol. The maximum Gasteiger partial charge on any atom is 0.271 e. The van der Waals surface area contributed by atoms with Crippen molar-refractivity contribution in [2.75, 3.05) is 0 Å². The van der Waals surface area contributed by atoms with Crippen LogP contribution in [0.3, 0.4) is 0 Å². The van der Waals surface area contributed by atoms with Crippen LogP contribution in [0.4, 0.5) is 0 Å².